The predicted octanol–water partition coefficient (Wildman–Crippen LogP) is 5.14. The van der Waals surface area contributed by atoms with Crippen molar-refractivity contribution in [2.45, 2.75) is 6.92 Å². The van der Waals surface area contributed by atoms with E-state index in [-0.39, 0.29) is 5.91 Å². The Bertz CT molecular complexity index is 889. The molecule has 0 heterocycles. The van der Waals surface area contributed by atoms with E-state index in [9.17, 15) is 4.79 Å². The van der Waals surface area contributed by atoms with Gasteiger partial charge in [0.1, 0.15) is 23.0 Å². The standard InChI is InChI=1S/C22H21NO4/c1-3-26-17-12-14-19(15-13-17)27-18-10-8-16(9-11-18)23-22(24)20-6-4-5-7-21(20)25-2/h4-15H,3H2,1-2H3,(H,23,24). The summed E-state index contributed by atoms with van der Waals surface area (Å²) in [5, 5.41) is 2.85. The van der Waals surface area contributed by atoms with Crippen molar-refractivity contribution in [3.05, 3.63) is 78.4 Å². The maximum Gasteiger partial charge on any atom is 0.259 e. The minimum atomic E-state index is -0.229. The molecule has 0 aliphatic rings. The molecular formula is C22H21NO4. The van der Waals surface area contributed by atoms with Crippen molar-refractivity contribution in [1.29, 1.82) is 0 Å². The van der Waals surface area contributed by atoms with Gasteiger partial charge in [-0.15, -0.1) is 0 Å². The van der Waals surface area contributed by atoms with Crippen LogP contribution in [0.25, 0.3) is 0 Å². The molecule has 1 amide bonds. The first-order valence-electron chi connectivity index (χ1n) is 8.64. The Morgan fingerprint density at radius 2 is 1.44 bits per heavy atom. The Kier molecular flexibility index (Phi) is 5.94. The maximum absolute atomic E-state index is 12.4. The first-order chi connectivity index (χ1) is 13.2. The minimum absolute atomic E-state index is 0.229. The minimum Gasteiger partial charge on any atom is -0.496 e. The van der Waals surface area contributed by atoms with E-state index < -0.39 is 0 Å². The number of amides is 1. The van der Waals surface area contributed by atoms with Gasteiger partial charge in [-0.25, -0.2) is 0 Å². The Hall–Kier alpha value is -3.47. The van der Waals surface area contributed by atoms with Gasteiger partial charge in [0, 0.05) is 5.69 Å². The molecule has 3 aromatic carbocycles. The van der Waals surface area contributed by atoms with Crippen LogP contribution in [0.15, 0.2) is 72.8 Å². The van der Waals surface area contributed by atoms with Crippen LogP contribution in [0.3, 0.4) is 0 Å². The number of hydrogen-bond donors (Lipinski definition) is 1. The van der Waals surface area contributed by atoms with E-state index in [1.807, 2.05) is 37.3 Å². The number of benzene rings is 3. The molecule has 0 saturated heterocycles. The lowest BCUT2D eigenvalue weighted by Gasteiger charge is -2.10. The molecule has 0 fully saturated rings. The fourth-order valence-corrected chi connectivity index (χ4v) is 2.54. The summed E-state index contributed by atoms with van der Waals surface area (Å²) in [5.74, 6) is 2.50. The van der Waals surface area contributed by atoms with Crippen LogP contribution in [0.2, 0.25) is 0 Å². The Morgan fingerprint density at radius 3 is 2.07 bits per heavy atom. The molecule has 0 aliphatic heterocycles. The van der Waals surface area contributed by atoms with Gasteiger partial charge in [-0.3, -0.25) is 4.79 Å². The number of nitrogens with one attached hydrogen (secondary N) is 1. The van der Waals surface area contributed by atoms with Gasteiger partial charge in [0.25, 0.3) is 5.91 Å². The first kappa shape index (κ1) is 18.3. The topological polar surface area (TPSA) is 56.8 Å². The van der Waals surface area contributed by atoms with Gasteiger partial charge in [0.2, 0.25) is 0 Å². The molecule has 27 heavy (non-hydrogen) atoms. The van der Waals surface area contributed by atoms with Gasteiger partial charge in [-0.1, -0.05) is 12.1 Å². The number of methoxy groups -OCH3 is 1. The van der Waals surface area contributed by atoms with Gasteiger partial charge < -0.3 is 19.5 Å². The van der Waals surface area contributed by atoms with Crippen LogP contribution in [0.5, 0.6) is 23.0 Å². The van der Waals surface area contributed by atoms with Gasteiger partial charge in [0.05, 0.1) is 19.3 Å². The zero-order valence-corrected chi connectivity index (χ0v) is 15.3. The third kappa shape index (κ3) is 4.79. The normalized spacial score (nSPS) is 10.1. The summed E-state index contributed by atoms with van der Waals surface area (Å²) in [6.45, 7) is 2.57. The largest absolute Gasteiger partial charge is 0.496 e. The van der Waals surface area contributed by atoms with E-state index in [0.717, 1.165) is 5.75 Å². The molecule has 5 heteroatoms. The summed E-state index contributed by atoms with van der Waals surface area (Å²) in [6, 6.07) is 21.7. The zero-order valence-electron chi connectivity index (χ0n) is 15.3. The lowest BCUT2D eigenvalue weighted by atomic mass is 10.2. The highest BCUT2D eigenvalue weighted by molar-refractivity contribution is 6.06. The quantitative estimate of drug-likeness (QED) is 0.631. The average molecular weight is 363 g/mol. The SMILES string of the molecule is CCOc1ccc(Oc2ccc(NC(=O)c3ccccc3OC)cc2)cc1. The monoisotopic (exact) mass is 363 g/mol. The zero-order chi connectivity index (χ0) is 19.1. The average Bonchev–Trinajstić information content (AvgIpc) is 2.71. The summed E-state index contributed by atoms with van der Waals surface area (Å²) in [5.41, 5.74) is 1.15. The smallest absolute Gasteiger partial charge is 0.259 e. The predicted molar refractivity (Wildman–Crippen MR) is 105 cm³/mol. The maximum atomic E-state index is 12.4. The van der Waals surface area contributed by atoms with E-state index in [2.05, 4.69) is 5.32 Å². The number of hydrogen-bond acceptors (Lipinski definition) is 4. The highest BCUT2D eigenvalue weighted by Crippen LogP contribution is 2.26. The van der Waals surface area contributed by atoms with Gasteiger partial charge >= 0.3 is 0 Å². The van der Waals surface area contributed by atoms with Crippen molar-refractivity contribution in [2.24, 2.45) is 0 Å². The molecule has 0 aliphatic carbocycles. The van der Waals surface area contributed by atoms with Crippen molar-refractivity contribution in [1.82, 2.24) is 0 Å². The van der Waals surface area contributed by atoms with Crippen LogP contribution in [0.4, 0.5) is 5.69 Å². The third-order valence-electron chi connectivity index (χ3n) is 3.83. The molecule has 3 rings (SSSR count). The van der Waals surface area contributed by atoms with Crippen molar-refractivity contribution >= 4 is 11.6 Å². The second kappa shape index (κ2) is 8.76. The molecule has 5 nitrogen and oxygen atoms in total. The molecule has 0 unspecified atom stereocenters. The van der Waals surface area contributed by atoms with Crippen molar-refractivity contribution < 1.29 is 19.0 Å². The summed E-state index contributed by atoms with van der Waals surface area (Å²) in [7, 11) is 1.54. The molecule has 0 aromatic heterocycles. The third-order valence-corrected chi connectivity index (χ3v) is 3.83. The number of rotatable bonds is 7. The summed E-state index contributed by atoms with van der Waals surface area (Å²) in [6.07, 6.45) is 0. The number of carbonyl (C=O) groups excluding carboxylic acids is 1. The molecule has 0 spiro atoms. The number of anilines is 1. The summed E-state index contributed by atoms with van der Waals surface area (Å²) >= 11 is 0. The number of ether oxygens (including phenoxy) is 3. The van der Waals surface area contributed by atoms with Crippen LogP contribution >= 0.6 is 0 Å². The summed E-state index contributed by atoms with van der Waals surface area (Å²) in [4.78, 5) is 12.4. The van der Waals surface area contributed by atoms with E-state index in [0.29, 0.717) is 35.1 Å². The highest BCUT2D eigenvalue weighted by Gasteiger charge is 2.11. The second-order valence-corrected chi connectivity index (χ2v) is 5.69. The van der Waals surface area contributed by atoms with Crippen LogP contribution in [0, 0.1) is 0 Å². The molecule has 3 aromatic rings. The van der Waals surface area contributed by atoms with Crippen LogP contribution in [0.1, 0.15) is 17.3 Å². The van der Waals surface area contributed by atoms with Crippen molar-refractivity contribution in [2.75, 3.05) is 19.0 Å². The lowest BCUT2D eigenvalue weighted by molar-refractivity contribution is 0.102. The Morgan fingerprint density at radius 1 is 0.852 bits per heavy atom. The molecular weight excluding hydrogens is 342 g/mol. The Balaban J connectivity index is 1.64. The van der Waals surface area contributed by atoms with E-state index in [1.54, 1.807) is 49.6 Å². The fraction of sp³-hybridized carbons (Fsp3) is 0.136. The number of para-hydroxylation sites is 1. The van der Waals surface area contributed by atoms with Gasteiger partial charge in [0.15, 0.2) is 0 Å². The molecule has 138 valence electrons. The van der Waals surface area contributed by atoms with Gasteiger partial charge in [-0.2, -0.15) is 0 Å². The summed E-state index contributed by atoms with van der Waals surface area (Å²) < 4.78 is 16.4. The molecule has 0 radical (unpaired) electrons. The van der Waals surface area contributed by atoms with Gasteiger partial charge in [-0.05, 0) is 67.6 Å². The van der Waals surface area contributed by atoms with E-state index >= 15 is 0 Å². The molecule has 0 bridgehead atoms. The van der Waals surface area contributed by atoms with Crippen molar-refractivity contribution in [3.8, 4) is 23.0 Å². The van der Waals surface area contributed by atoms with E-state index in [1.165, 1.54) is 0 Å². The van der Waals surface area contributed by atoms with Crippen LogP contribution in [-0.2, 0) is 0 Å². The van der Waals surface area contributed by atoms with E-state index in [4.69, 9.17) is 14.2 Å². The van der Waals surface area contributed by atoms with Crippen molar-refractivity contribution in [3.63, 3.8) is 0 Å². The molecule has 0 atom stereocenters. The number of carbonyl (C=O) groups is 1. The van der Waals surface area contributed by atoms with Crippen LogP contribution in [-0.4, -0.2) is 19.6 Å². The fourth-order valence-electron chi connectivity index (χ4n) is 2.54. The lowest BCUT2D eigenvalue weighted by Crippen LogP contribution is -2.12. The molecule has 1 N–H and O–H groups in total. The second-order valence-electron chi connectivity index (χ2n) is 5.69. The first-order valence-corrected chi connectivity index (χ1v) is 8.64. The van der Waals surface area contributed by atoms with Crippen LogP contribution < -0.4 is 19.5 Å². The highest BCUT2D eigenvalue weighted by atomic mass is 16.5. The Labute approximate surface area is 158 Å². The molecule has 0 saturated carbocycles.